The van der Waals surface area contributed by atoms with Gasteiger partial charge in [0.25, 0.3) is 0 Å². The second-order valence-electron chi connectivity index (χ2n) is 5.65. The Labute approximate surface area is 148 Å². The number of aromatic nitrogens is 4. The van der Waals surface area contributed by atoms with E-state index in [0.717, 1.165) is 5.56 Å². The third-order valence-corrected chi connectivity index (χ3v) is 3.88. The first kappa shape index (κ1) is 15.7. The molecule has 1 aromatic carbocycles. The minimum atomic E-state index is -0.272. The van der Waals surface area contributed by atoms with Gasteiger partial charge in [-0.15, -0.1) is 0 Å². The van der Waals surface area contributed by atoms with Crippen LogP contribution in [0.2, 0.25) is 0 Å². The summed E-state index contributed by atoms with van der Waals surface area (Å²) in [6.45, 7) is 0.444. The first-order valence-electron chi connectivity index (χ1n) is 7.92. The molecule has 0 fully saturated rings. The van der Waals surface area contributed by atoms with E-state index in [0.29, 0.717) is 35.1 Å². The number of imidazole rings is 1. The van der Waals surface area contributed by atoms with Gasteiger partial charge in [-0.25, -0.2) is 19.3 Å². The number of nitriles is 1. The Kier molecular flexibility index (Phi) is 4.00. The van der Waals surface area contributed by atoms with Gasteiger partial charge in [-0.05, 0) is 35.9 Å². The highest BCUT2D eigenvalue weighted by Gasteiger charge is 2.10. The van der Waals surface area contributed by atoms with Crippen LogP contribution in [0.4, 0.5) is 10.2 Å². The number of nitrogens with one attached hydrogen (secondary N) is 1. The number of fused-ring (bicyclic) bond motifs is 1. The monoisotopic (exact) mass is 344 g/mol. The lowest BCUT2D eigenvalue weighted by atomic mass is 10.2. The smallest absolute Gasteiger partial charge is 0.180 e. The predicted molar refractivity (Wildman–Crippen MR) is 94.7 cm³/mol. The molecular formula is C19H13FN6. The molecule has 4 rings (SSSR count). The molecule has 6 nitrogen and oxygen atoms in total. The zero-order valence-electron chi connectivity index (χ0n) is 13.6. The van der Waals surface area contributed by atoms with Gasteiger partial charge in [0.2, 0.25) is 0 Å². The fourth-order valence-corrected chi connectivity index (χ4v) is 2.63. The second kappa shape index (κ2) is 6.61. The molecule has 0 atom stereocenters. The van der Waals surface area contributed by atoms with E-state index in [4.69, 9.17) is 5.26 Å². The fourth-order valence-electron chi connectivity index (χ4n) is 2.63. The Hall–Kier alpha value is -3.79. The third-order valence-electron chi connectivity index (χ3n) is 3.88. The van der Waals surface area contributed by atoms with Crippen LogP contribution in [0.1, 0.15) is 11.1 Å². The number of halogens is 1. The summed E-state index contributed by atoms with van der Waals surface area (Å²) in [5, 5.41) is 12.2. The van der Waals surface area contributed by atoms with E-state index in [2.05, 4.69) is 26.3 Å². The van der Waals surface area contributed by atoms with Crippen molar-refractivity contribution in [2.75, 3.05) is 5.32 Å². The number of hydrogen-bond acceptors (Lipinski definition) is 5. The van der Waals surface area contributed by atoms with Crippen molar-refractivity contribution in [2.45, 2.75) is 6.54 Å². The summed E-state index contributed by atoms with van der Waals surface area (Å²) in [6.07, 6.45) is 5.01. The van der Waals surface area contributed by atoms with Gasteiger partial charge in [-0.3, -0.25) is 4.40 Å². The third kappa shape index (κ3) is 3.08. The first-order chi connectivity index (χ1) is 12.7. The molecule has 26 heavy (non-hydrogen) atoms. The quantitative estimate of drug-likeness (QED) is 0.614. The maximum absolute atomic E-state index is 13.3. The molecule has 3 aromatic heterocycles. The minimum absolute atomic E-state index is 0.272. The van der Waals surface area contributed by atoms with E-state index in [-0.39, 0.29) is 5.82 Å². The number of rotatable bonds is 4. The molecule has 0 aliphatic carbocycles. The van der Waals surface area contributed by atoms with E-state index >= 15 is 0 Å². The van der Waals surface area contributed by atoms with Crippen molar-refractivity contribution in [3.63, 3.8) is 0 Å². The molecule has 126 valence electrons. The first-order valence-corrected chi connectivity index (χ1v) is 7.92. The van der Waals surface area contributed by atoms with Gasteiger partial charge in [0.1, 0.15) is 29.0 Å². The molecule has 0 saturated heterocycles. The van der Waals surface area contributed by atoms with Crippen LogP contribution in [0.25, 0.3) is 17.2 Å². The zero-order valence-corrected chi connectivity index (χ0v) is 13.6. The van der Waals surface area contributed by atoms with E-state index in [1.165, 1.54) is 12.1 Å². The number of benzene rings is 1. The van der Waals surface area contributed by atoms with E-state index in [9.17, 15) is 4.39 Å². The summed E-state index contributed by atoms with van der Waals surface area (Å²) in [4.78, 5) is 13.1. The average molecular weight is 344 g/mol. The fraction of sp³-hybridized carbons (Fsp3) is 0.0526. The molecule has 0 unspecified atom stereocenters. The lowest BCUT2D eigenvalue weighted by Gasteiger charge is -2.07. The van der Waals surface area contributed by atoms with E-state index in [1.54, 1.807) is 47.3 Å². The Morgan fingerprint density at radius 2 is 2.08 bits per heavy atom. The van der Waals surface area contributed by atoms with Crippen LogP contribution in [0.5, 0.6) is 0 Å². The Bertz CT molecular complexity index is 1130. The van der Waals surface area contributed by atoms with Crippen molar-refractivity contribution >= 4 is 11.5 Å². The van der Waals surface area contributed by atoms with Gasteiger partial charge >= 0.3 is 0 Å². The molecule has 4 aromatic rings. The molecule has 0 bridgehead atoms. The topological polar surface area (TPSA) is 78.9 Å². The van der Waals surface area contributed by atoms with Crippen molar-refractivity contribution in [3.8, 4) is 17.6 Å². The molecule has 1 N–H and O–H groups in total. The average Bonchev–Trinajstić information content (AvgIpc) is 3.10. The van der Waals surface area contributed by atoms with Crippen LogP contribution in [0.15, 0.2) is 61.1 Å². The van der Waals surface area contributed by atoms with Crippen molar-refractivity contribution in [1.29, 1.82) is 5.26 Å². The standard InChI is InChI=1S/C19H13FN6/c20-15-3-1-2-13(8-15)10-23-17-6-7-22-19(25-17)16-11-24-18-5-4-14(9-21)12-26(16)18/h1-8,11-12H,10H2,(H,22,23,25). The maximum atomic E-state index is 13.3. The SMILES string of the molecule is N#Cc1ccc2ncc(-c3nccc(NCc4cccc(F)c4)n3)n2c1. The second-order valence-corrected chi connectivity index (χ2v) is 5.65. The summed E-state index contributed by atoms with van der Waals surface area (Å²) >= 11 is 0. The van der Waals surface area contributed by atoms with Crippen LogP contribution in [0, 0.1) is 17.1 Å². The summed E-state index contributed by atoms with van der Waals surface area (Å²) in [6, 6.07) is 13.7. The van der Waals surface area contributed by atoms with Crippen molar-refractivity contribution in [3.05, 3.63) is 78.0 Å². The molecule has 0 amide bonds. The zero-order chi connectivity index (χ0) is 17.9. The number of pyridine rings is 1. The van der Waals surface area contributed by atoms with Crippen molar-refractivity contribution in [1.82, 2.24) is 19.4 Å². The number of hydrogen-bond donors (Lipinski definition) is 1. The van der Waals surface area contributed by atoms with Crippen LogP contribution in [-0.4, -0.2) is 19.4 Å². The van der Waals surface area contributed by atoms with Crippen LogP contribution < -0.4 is 5.32 Å². The summed E-state index contributed by atoms with van der Waals surface area (Å²) < 4.78 is 15.0. The molecular weight excluding hydrogens is 331 g/mol. The predicted octanol–water partition coefficient (Wildman–Crippen LogP) is 3.41. The Morgan fingerprint density at radius 3 is 2.92 bits per heavy atom. The normalized spacial score (nSPS) is 10.6. The highest BCUT2D eigenvalue weighted by molar-refractivity contribution is 5.59. The van der Waals surface area contributed by atoms with Gasteiger partial charge in [0.15, 0.2) is 5.82 Å². The largest absolute Gasteiger partial charge is 0.366 e. The molecule has 7 heteroatoms. The highest BCUT2D eigenvalue weighted by atomic mass is 19.1. The molecule has 0 aliphatic rings. The summed E-state index contributed by atoms with van der Waals surface area (Å²) in [5.74, 6) is 0.828. The number of anilines is 1. The molecule has 0 aliphatic heterocycles. The lowest BCUT2D eigenvalue weighted by Crippen LogP contribution is -2.03. The molecule has 0 radical (unpaired) electrons. The van der Waals surface area contributed by atoms with Gasteiger partial charge in [-0.1, -0.05) is 12.1 Å². The Balaban J connectivity index is 1.63. The minimum Gasteiger partial charge on any atom is -0.366 e. The van der Waals surface area contributed by atoms with E-state index in [1.807, 2.05) is 6.07 Å². The lowest BCUT2D eigenvalue weighted by molar-refractivity contribution is 0.626. The molecule has 0 saturated carbocycles. The molecule has 3 heterocycles. The van der Waals surface area contributed by atoms with Crippen LogP contribution in [0.3, 0.4) is 0 Å². The highest BCUT2D eigenvalue weighted by Crippen LogP contribution is 2.19. The molecule has 0 spiro atoms. The van der Waals surface area contributed by atoms with Gasteiger partial charge < -0.3 is 5.32 Å². The van der Waals surface area contributed by atoms with Crippen molar-refractivity contribution < 1.29 is 4.39 Å². The van der Waals surface area contributed by atoms with Crippen molar-refractivity contribution in [2.24, 2.45) is 0 Å². The van der Waals surface area contributed by atoms with Gasteiger partial charge in [0, 0.05) is 18.9 Å². The van der Waals surface area contributed by atoms with Gasteiger partial charge in [-0.2, -0.15) is 5.26 Å². The van der Waals surface area contributed by atoms with Crippen LogP contribution >= 0.6 is 0 Å². The Morgan fingerprint density at radius 1 is 1.15 bits per heavy atom. The van der Waals surface area contributed by atoms with Crippen LogP contribution in [-0.2, 0) is 6.54 Å². The number of nitrogens with zero attached hydrogens (tertiary/aromatic N) is 5. The summed E-state index contributed by atoms with van der Waals surface area (Å²) in [5.41, 5.74) is 2.74. The van der Waals surface area contributed by atoms with E-state index < -0.39 is 0 Å². The van der Waals surface area contributed by atoms with Gasteiger partial charge in [0.05, 0.1) is 11.8 Å². The maximum Gasteiger partial charge on any atom is 0.180 e. The summed E-state index contributed by atoms with van der Waals surface area (Å²) in [7, 11) is 0.